The Morgan fingerprint density at radius 2 is 1.49 bits per heavy atom. The van der Waals surface area contributed by atoms with Gasteiger partial charge in [-0.15, -0.1) is 0 Å². The lowest BCUT2D eigenvalue weighted by Gasteiger charge is -2.18. The predicted molar refractivity (Wildman–Crippen MR) is 183 cm³/mol. The third-order valence-electron chi connectivity index (χ3n) is 6.38. The van der Waals surface area contributed by atoms with Crippen molar-refractivity contribution in [3.05, 3.63) is 122 Å². The molecule has 6 N–H and O–H groups in total. The SMILES string of the molecule is Cc1ccccc1.O=c1ccn(C2OC(CCO)C(O)C2O)c(=O)n1Cc1cc(-c2ccc(Cl)cc2)ccn1.OP.OP.OP. The smallest absolute Gasteiger partial charge is 0.333 e. The number of aromatic nitrogens is 3. The van der Waals surface area contributed by atoms with Gasteiger partial charge in [-0.05, 0) is 77.1 Å². The maximum Gasteiger partial charge on any atom is 0.333 e. The van der Waals surface area contributed by atoms with Crippen LogP contribution in [0.3, 0.4) is 0 Å². The highest BCUT2D eigenvalue weighted by Gasteiger charge is 2.43. The number of nitrogens with zero attached hydrogens (tertiary/aromatic N) is 3. The predicted octanol–water partition coefficient (Wildman–Crippen LogP) is 2.08. The van der Waals surface area contributed by atoms with Gasteiger partial charge in [0.25, 0.3) is 5.56 Å². The molecule has 1 fully saturated rings. The lowest BCUT2D eigenvalue weighted by molar-refractivity contribution is -0.0458. The second-order valence-electron chi connectivity index (χ2n) is 9.19. The topological polar surface area (TPSA) is 188 Å². The van der Waals surface area contributed by atoms with Gasteiger partial charge in [0, 0.05) is 30.1 Å². The number of aliphatic hydroxyl groups excluding tert-OH is 3. The van der Waals surface area contributed by atoms with Crippen molar-refractivity contribution in [1.82, 2.24) is 14.1 Å². The summed E-state index contributed by atoms with van der Waals surface area (Å²) in [6.45, 7) is 1.75. The van der Waals surface area contributed by atoms with Gasteiger partial charge in [-0.1, -0.05) is 59.6 Å². The second-order valence-corrected chi connectivity index (χ2v) is 9.62. The molecule has 7 atom stereocenters. The first-order valence-corrected chi connectivity index (χ1v) is 15.2. The number of hydrogen-bond donors (Lipinski definition) is 6. The standard InChI is InChI=1S/C22H22ClN3O6.C7H8.3H3OP/c23-15-3-1-13(2-4-15)14-5-8-24-16(11-14)12-26-18(28)6-9-25(22(26)31)21-20(30)19(29)17(32-21)7-10-27;1-7-5-3-2-4-6-7;3*1-2/h1-6,8-9,11,17,19-21,27,29-30H,7,10,12H2;2-6H,1H3;3*1H,2H2. The number of hydrogen-bond acceptors (Lipinski definition) is 10. The summed E-state index contributed by atoms with van der Waals surface area (Å²) < 4.78 is 7.63. The molecule has 12 nitrogen and oxygen atoms in total. The Balaban J connectivity index is 0.000000663. The first-order chi connectivity index (χ1) is 21.8. The summed E-state index contributed by atoms with van der Waals surface area (Å²) in [5.41, 5.74) is 2.31. The molecule has 45 heavy (non-hydrogen) atoms. The summed E-state index contributed by atoms with van der Waals surface area (Å²) in [7, 11) is 4.25. The molecule has 1 aliphatic heterocycles. The molecule has 1 aliphatic rings. The van der Waals surface area contributed by atoms with Crippen molar-refractivity contribution in [1.29, 1.82) is 0 Å². The Kier molecular flexibility index (Phi) is 20.0. The molecule has 4 aromatic rings. The molecule has 0 saturated carbocycles. The molecule has 0 amide bonds. The molecule has 3 heterocycles. The summed E-state index contributed by atoms with van der Waals surface area (Å²) in [5.74, 6) is 0. The average molecular weight is 702 g/mol. The van der Waals surface area contributed by atoms with Crippen LogP contribution in [-0.4, -0.2) is 69.0 Å². The lowest BCUT2D eigenvalue weighted by Crippen LogP contribution is -2.43. The van der Waals surface area contributed by atoms with E-state index in [9.17, 15) is 19.8 Å². The Labute approximate surface area is 272 Å². The van der Waals surface area contributed by atoms with Crippen LogP contribution < -0.4 is 11.2 Å². The Morgan fingerprint density at radius 3 is 2.04 bits per heavy atom. The van der Waals surface area contributed by atoms with E-state index >= 15 is 0 Å². The van der Waals surface area contributed by atoms with Crippen LogP contribution in [0, 0.1) is 6.92 Å². The minimum atomic E-state index is -1.39. The van der Waals surface area contributed by atoms with E-state index in [-0.39, 0.29) is 19.6 Å². The van der Waals surface area contributed by atoms with Gasteiger partial charge < -0.3 is 34.7 Å². The van der Waals surface area contributed by atoms with Gasteiger partial charge in [0.05, 0.1) is 18.3 Å². The lowest BCUT2D eigenvalue weighted by atomic mass is 10.1. The maximum absolute atomic E-state index is 13.1. The first kappa shape index (κ1) is 40.6. The second kappa shape index (κ2) is 22.2. The van der Waals surface area contributed by atoms with Crippen molar-refractivity contribution in [3.8, 4) is 11.1 Å². The fourth-order valence-corrected chi connectivity index (χ4v) is 4.40. The van der Waals surface area contributed by atoms with Gasteiger partial charge >= 0.3 is 5.69 Å². The highest BCUT2D eigenvalue weighted by Crippen LogP contribution is 2.29. The summed E-state index contributed by atoms with van der Waals surface area (Å²) >= 11 is 5.94. The molecule has 0 spiro atoms. The molecule has 1 saturated heterocycles. The molecule has 5 rings (SSSR count). The number of benzene rings is 2. The zero-order chi connectivity index (χ0) is 33.9. The van der Waals surface area contributed by atoms with Crippen LogP contribution in [0.2, 0.25) is 5.02 Å². The molecular formula is C29H39ClN3O9P3. The van der Waals surface area contributed by atoms with E-state index in [1.165, 1.54) is 46.2 Å². The van der Waals surface area contributed by atoms with Crippen molar-refractivity contribution >= 4 is 40.0 Å². The normalized spacial score (nSPS) is 18.0. The monoisotopic (exact) mass is 701 g/mol. The minimum Gasteiger partial charge on any atom is -0.396 e. The molecule has 2 aromatic carbocycles. The van der Waals surface area contributed by atoms with Crippen LogP contribution in [0.1, 0.15) is 23.9 Å². The third kappa shape index (κ3) is 12.0. The average Bonchev–Trinajstić information content (AvgIpc) is 3.35. The van der Waals surface area contributed by atoms with Crippen LogP contribution >= 0.6 is 40.0 Å². The largest absolute Gasteiger partial charge is 0.396 e. The number of pyridine rings is 1. The Morgan fingerprint density at radius 1 is 0.867 bits per heavy atom. The Hall–Kier alpha value is -2.43. The molecule has 246 valence electrons. The quantitative estimate of drug-likeness (QED) is 0.163. The number of aryl methyl sites for hydroxylation is 1. The van der Waals surface area contributed by atoms with E-state index in [0.717, 1.165) is 20.3 Å². The summed E-state index contributed by atoms with van der Waals surface area (Å²) in [4.78, 5) is 50.5. The minimum absolute atomic E-state index is 0.0919. The number of aliphatic hydroxyl groups is 3. The molecule has 0 radical (unpaired) electrons. The van der Waals surface area contributed by atoms with E-state index in [0.29, 0.717) is 10.7 Å². The molecule has 7 unspecified atom stereocenters. The number of ether oxygens (including phenoxy) is 1. The Bertz CT molecular complexity index is 1510. The summed E-state index contributed by atoms with van der Waals surface area (Å²) in [5, 5.41) is 30.2. The maximum atomic E-state index is 13.1. The van der Waals surface area contributed by atoms with Crippen molar-refractivity contribution in [3.63, 3.8) is 0 Å². The van der Waals surface area contributed by atoms with Crippen molar-refractivity contribution < 1.29 is 34.7 Å². The van der Waals surface area contributed by atoms with E-state index < -0.39 is 35.8 Å². The van der Waals surface area contributed by atoms with Crippen LogP contribution in [0.4, 0.5) is 0 Å². The van der Waals surface area contributed by atoms with Gasteiger partial charge in [0.2, 0.25) is 0 Å². The summed E-state index contributed by atoms with van der Waals surface area (Å²) in [6.07, 6.45) is -1.76. The van der Waals surface area contributed by atoms with E-state index in [1.54, 1.807) is 24.4 Å². The van der Waals surface area contributed by atoms with E-state index in [1.807, 2.05) is 36.4 Å². The van der Waals surface area contributed by atoms with Gasteiger partial charge in [-0.2, -0.15) is 0 Å². The molecule has 0 bridgehead atoms. The van der Waals surface area contributed by atoms with Crippen LogP contribution in [0.5, 0.6) is 0 Å². The fraction of sp³-hybridized carbons (Fsp3) is 0.276. The first-order valence-electron chi connectivity index (χ1n) is 13.2. The van der Waals surface area contributed by atoms with Gasteiger partial charge in [-0.25, -0.2) is 4.79 Å². The molecule has 0 aliphatic carbocycles. The highest BCUT2D eigenvalue weighted by atomic mass is 35.5. The molecule has 2 aromatic heterocycles. The van der Waals surface area contributed by atoms with E-state index in [2.05, 4.69) is 24.0 Å². The van der Waals surface area contributed by atoms with Crippen molar-refractivity contribution in [2.75, 3.05) is 6.61 Å². The molecule has 16 heteroatoms. The van der Waals surface area contributed by atoms with Crippen molar-refractivity contribution in [2.24, 2.45) is 0 Å². The van der Waals surface area contributed by atoms with Gasteiger partial charge in [0.1, 0.15) is 12.2 Å². The zero-order valence-electron chi connectivity index (χ0n) is 24.4. The fourth-order valence-electron chi connectivity index (χ4n) is 4.28. The van der Waals surface area contributed by atoms with E-state index in [4.69, 9.17) is 36.1 Å². The zero-order valence-corrected chi connectivity index (χ0v) is 28.6. The third-order valence-corrected chi connectivity index (χ3v) is 6.63. The van der Waals surface area contributed by atoms with Crippen LogP contribution in [0.25, 0.3) is 11.1 Å². The van der Waals surface area contributed by atoms with Crippen LogP contribution in [0.15, 0.2) is 94.8 Å². The number of rotatable bonds is 6. The highest BCUT2D eigenvalue weighted by molar-refractivity contribution is 7.08. The van der Waals surface area contributed by atoms with Gasteiger partial charge in [0.15, 0.2) is 6.23 Å². The molecular weight excluding hydrogens is 663 g/mol. The summed E-state index contributed by atoms with van der Waals surface area (Å²) in [6, 6.07) is 22.3. The number of halogens is 1. The van der Waals surface area contributed by atoms with Gasteiger partial charge in [-0.3, -0.25) is 18.9 Å². The van der Waals surface area contributed by atoms with Crippen LogP contribution in [-0.2, 0) is 11.3 Å². The van der Waals surface area contributed by atoms with Crippen molar-refractivity contribution in [2.45, 2.75) is 44.4 Å².